The Morgan fingerprint density at radius 2 is 2.28 bits per heavy atom. The van der Waals surface area contributed by atoms with Gasteiger partial charge in [-0.15, -0.1) is 0 Å². The number of guanidine groups is 1. The average Bonchev–Trinajstić information content (AvgIpc) is 2.88. The predicted molar refractivity (Wildman–Crippen MR) is 70.1 cm³/mol. The molecule has 1 aromatic rings. The number of hydrogen-bond acceptors (Lipinski definition) is 4. The van der Waals surface area contributed by atoms with Gasteiger partial charge < -0.3 is 0 Å². The Morgan fingerprint density at radius 1 is 1.44 bits per heavy atom. The van der Waals surface area contributed by atoms with Crippen LogP contribution in [0.2, 0.25) is 0 Å². The van der Waals surface area contributed by atoms with Crippen LogP contribution in [-0.2, 0) is 4.79 Å². The van der Waals surface area contributed by atoms with E-state index in [1.165, 1.54) is 0 Å². The van der Waals surface area contributed by atoms with Crippen LogP contribution < -0.4 is 5.32 Å². The fourth-order valence-corrected chi connectivity index (χ4v) is 2.13. The van der Waals surface area contributed by atoms with Gasteiger partial charge in [0.05, 0.1) is 12.2 Å². The molecule has 0 aliphatic carbocycles. The maximum atomic E-state index is 11.5. The molecule has 0 radical (unpaired) electrons. The van der Waals surface area contributed by atoms with Crippen molar-refractivity contribution in [2.45, 2.75) is 13.3 Å². The van der Waals surface area contributed by atoms with Crippen LogP contribution in [0.15, 0.2) is 34.3 Å². The summed E-state index contributed by atoms with van der Waals surface area (Å²) in [5.74, 6) is 1.48. The minimum Gasteiger partial charge on any atom is -0.296 e. The number of rotatable bonds is 1. The summed E-state index contributed by atoms with van der Waals surface area (Å²) in [7, 11) is 0. The van der Waals surface area contributed by atoms with Crippen LogP contribution in [0.3, 0.4) is 0 Å². The smallest absolute Gasteiger partial charge is 0.226 e. The first kappa shape index (κ1) is 11.0. The van der Waals surface area contributed by atoms with Crippen LogP contribution in [0.4, 0.5) is 5.69 Å². The van der Waals surface area contributed by atoms with Gasteiger partial charge in [-0.25, -0.2) is 4.99 Å². The van der Waals surface area contributed by atoms with Crippen molar-refractivity contribution in [3.8, 4) is 0 Å². The molecule has 0 fully saturated rings. The Morgan fingerprint density at radius 3 is 3.11 bits per heavy atom. The number of amidine groups is 1. The number of para-hydroxylation sites is 1. The van der Waals surface area contributed by atoms with Crippen LogP contribution >= 0.6 is 0 Å². The monoisotopic (exact) mass is 242 g/mol. The summed E-state index contributed by atoms with van der Waals surface area (Å²) in [5.41, 5.74) is 1.89. The van der Waals surface area contributed by atoms with Gasteiger partial charge in [0.25, 0.3) is 0 Å². The molecule has 0 spiro atoms. The van der Waals surface area contributed by atoms with E-state index in [1.54, 1.807) is 0 Å². The lowest BCUT2D eigenvalue weighted by atomic mass is 10.1. The zero-order valence-corrected chi connectivity index (χ0v) is 10.2. The van der Waals surface area contributed by atoms with E-state index in [-0.39, 0.29) is 5.91 Å². The standard InChI is InChI=1S/C13H14N4O/c1-2-11(18)16-13-15-10-6-4-3-5-9(10)12-14-7-8-17(12)13/h3-6H,2,7-8H2,1H3,(H,15,16,18). The molecule has 3 rings (SSSR count). The maximum Gasteiger partial charge on any atom is 0.226 e. The summed E-state index contributed by atoms with van der Waals surface area (Å²) in [5, 5.41) is 2.84. The van der Waals surface area contributed by atoms with Gasteiger partial charge in [-0.2, -0.15) is 0 Å². The highest BCUT2D eigenvalue weighted by Gasteiger charge is 2.29. The number of nitrogens with zero attached hydrogens (tertiary/aromatic N) is 3. The van der Waals surface area contributed by atoms with Crippen LogP contribution in [0, 0.1) is 0 Å². The molecule has 0 atom stereocenters. The first-order chi connectivity index (χ1) is 8.79. The molecule has 5 heteroatoms. The lowest BCUT2D eigenvalue weighted by Gasteiger charge is -2.27. The highest BCUT2D eigenvalue weighted by molar-refractivity contribution is 6.17. The summed E-state index contributed by atoms with van der Waals surface area (Å²) in [6.07, 6.45) is 0.445. The van der Waals surface area contributed by atoms with Gasteiger partial charge in [-0.05, 0) is 12.1 Å². The number of benzene rings is 1. The summed E-state index contributed by atoms with van der Waals surface area (Å²) in [4.78, 5) is 22.5. The minimum absolute atomic E-state index is 0.0284. The topological polar surface area (TPSA) is 57.1 Å². The molecule has 92 valence electrons. The number of hydrogen-bond donors (Lipinski definition) is 1. The highest BCUT2D eigenvalue weighted by atomic mass is 16.1. The first-order valence-corrected chi connectivity index (χ1v) is 6.09. The fraction of sp³-hybridized carbons (Fsp3) is 0.308. The van der Waals surface area contributed by atoms with Crippen LogP contribution in [0.25, 0.3) is 0 Å². The SMILES string of the molecule is CCC(=O)NC1=Nc2ccccc2C2=NCCN12. The zero-order valence-electron chi connectivity index (χ0n) is 10.2. The molecule has 1 aromatic carbocycles. The van der Waals surface area contributed by atoms with Gasteiger partial charge >= 0.3 is 0 Å². The number of carbonyl (C=O) groups excluding carboxylic acids is 1. The molecule has 0 bridgehead atoms. The normalized spacial score (nSPS) is 16.6. The first-order valence-electron chi connectivity index (χ1n) is 6.09. The molecule has 0 saturated heterocycles. The number of aliphatic imine (C=N–C) groups is 2. The van der Waals surface area contributed by atoms with Gasteiger partial charge in [0.1, 0.15) is 5.84 Å². The third-order valence-corrected chi connectivity index (χ3v) is 3.04. The second-order valence-electron chi connectivity index (χ2n) is 4.21. The number of nitrogens with one attached hydrogen (secondary N) is 1. The lowest BCUT2D eigenvalue weighted by Crippen LogP contribution is -2.47. The number of amides is 1. The minimum atomic E-state index is -0.0284. The van der Waals surface area contributed by atoms with Crippen molar-refractivity contribution < 1.29 is 4.79 Å². The van der Waals surface area contributed by atoms with E-state index in [4.69, 9.17) is 0 Å². The van der Waals surface area contributed by atoms with E-state index in [0.717, 1.165) is 30.2 Å². The van der Waals surface area contributed by atoms with Gasteiger partial charge in [-0.1, -0.05) is 19.1 Å². The highest BCUT2D eigenvalue weighted by Crippen LogP contribution is 2.27. The molecule has 0 aromatic heterocycles. The van der Waals surface area contributed by atoms with E-state index in [9.17, 15) is 4.79 Å². The van der Waals surface area contributed by atoms with Gasteiger partial charge in [0, 0.05) is 18.5 Å². The molecule has 0 unspecified atom stereocenters. The number of fused-ring (bicyclic) bond motifs is 3. The zero-order chi connectivity index (χ0) is 12.5. The molecule has 2 aliphatic rings. The third kappa shape index (κ3) is 1.68. The van der Waals surface area contributed by atoms with Crippen molar-refractivity contribution in [3.05, 3.63) is 29.8 Å². The van der Waals surface area contributed by atoms with Crippen molar-refractivity contribution in [3.63, 3.8) is 0 Å². The molecule has 5 nitrogen and oxygen atoms in total. The lowest BCUT2D eigenvalue weighted by molar-refractivity contribution is -0.119. The van der Waals surface area contributed by atoms with E-state index in [0.29, 0.717) is 12.4 Å². The van der Waals surface area contributed by atoms with Crippen molar-refractivity contribution in [1.29, 1.82) is 0 Å². The summed E-state index contributed by atoms with van der Waals surface area (Å²) < 4.78 is 0. The van der Waals surface area contributed by atoms with E-state index < -0.39 is 0 Å². The van der Waals surface area contributed by atoms with Crippen molar-refractivity contribution in [2.75, 3.05) is 13.1 Å². The van der Waals surface area contributed by atoms with Gasteiger partial charge in [-0.3, -0.25) is 20.0 Å². The molecule has 2 aliphatic heterocycles. The van der Waals surface area contributed by atoms with Crippen molar-refractivity contribution >= 4 is 23.4 Å². The largest absolute Gasteiger partial charge is 0.296 e. The van der Waals surface area contributed by atoms with E-state index in [2.05, 4.69) is 15.3 Å². The predicted octanol–water partition coefficient (Wildman–Crippen LogP) is 1.28. The Balaban J connectivity index is 2.03. The Labute approximate surface area is 105 Å². The third-order valence-electron chi connectivity index (χ3n) is 3.04. The second-order valence-corrected chi connectivity index (χ2v) is 4.21. The van der Waals surface area contributed by atoms with E-state index >= 15 is 0 Å². The Bertz CT molecular complexity index is 562. The van der Waals surface area contributed by atoms with Crippen molar-refractivity contribution in [1.82, 2.24) is 10.2 Å². The van der Waals surface area contributed by atoms with Gasteiger partial charge in [0.15, 0.2) is 0 Å². The molecule has 2 heterocycles. The molecular formula is C13H14N4O. The Hall–Kier alpha value is -2.17. The van der Waals surface area contributed by atoms with Gasteiger partial charge in [0.2, 0.25) is 11.9 Å². The quantitative estimate of drug-likeness (QED) is 0.806. The molecule has 1 N–H and O–H groups in total. The average molecular weight is 242 g/mol. The van der Waals surface area contributed by atoms with Crippen LogP contribution in [0.1, 0.15) is 18.9 Å². The fourth-order valence-electron chi connectivity index (χ4n) is 2.13. The molecule has 1 amide bonds. The second kappa shape index (κ2) is 4.25. The molecule has 18 heavy (non-hydrogen) atoms. The summed E-state index contributed by atoms with van der Waals surface area (Å²) >= 11 is 0. The molecule has 0 saturated carbocycles. The van der Waals surface area contributed by atoms with Crippen molar-refractivity contribution in [2.24, 2.45) is 9.98 Å². The number of carbonyl (C=O) groups is 1. The van der Waals surface area contributed by atoms with Crippen LogP contribution in [-0.4, -0.2) is 35.7 Å². The maximum absolute atomic E-state index is 11.5. The van der Waals surface area contributed by atoms with Crippen LogP contribution in [0.5, 0.6) is 0 Å². The summed E-state index contributed by atoms with van der Waals surface area (Å²) in [6, 6.07) is 7.86. The summed E-state index contributed by atoms with van der Waals surface area (Å²) in [6.45, 7) is 3.34. The Kier molecular flexibility index (Phi) is 2.59. The molecular weight excluding hydrogens is 228 g/mol. The van der Waals surface area contributed by atoms with E-state index in [1.807, 2.05) is 36.1 Å².